The van der Waals surface area contributed by atoms with Crippen LogP contribution in [0.2, 0.25) is 0 Å². The molecule has 0 saturated heterocycles. The molecule has 2 rings (SSSR count). The fraction of sp³-hybridized carbons (Fsp3) is 0.448. The smallest absolute Gasteiger partial charge is 0.119 e. The second-order valence-corrected chi connectivity index (χ2v) is 8.97. The molecule has 2 atom stereocenters. The Balaban J connectivity index is 1.84. The van der Waals surface area contributed by atoms with Gasteiger partial charge in [0.2, 0.25) is 0 Å². The largest absolute Gasteiger partial charge is 0.491 e. The van der Waals surface area contributed by atoms with Crippen LogP contribution in [0.15, 0.2) is 72.8 Å². The maximum Gasteiger partial charge on any atom is 0.119 e. The summed E-state index contributed by atoms with van der Waals surface area (Å²) in [5.41, 5.74) is 4.20. The Labute approximate surface area is 209 Å². The van der Waals surface area contributed by atoms with E-state index in [1.165, 1.54) is 11.1 Å². The molecule has 0 spiro atoms. The quantitative estimate of drug-likeness (QED) is 0.311. The van der Waals surface area contributed by atoms with E-state index in [4.69, 9.17) is 18.9 Å². The first-order valence-corrected chi connectivity index (χ1v) is 12.0. The summed E-state index contributed by atoms with van der Waals surface area (Å²) in [6.07, 6.45) is -0.441. The molecule has 0 fully saturated rings. The molecule has 35 heavy (non-hydrogen) atoms. The molecular formula is C29H40O6. The highest BCUT2D eigenvalue weighted by Crippen LogP contribution is 2.30. The number of hydrogen-bond acceptors (Lipinski definition) is 6. The van der Waals surface area contributed by atoms with E-state index in [0.717, 1.165) is 17.6 Å². The van der Waals surface area contributed by atoms with Crippen molar-refractivity contribution in [2.75, 3.05) is 39.6 Å². The van der Waals surface area contributed by atoms with Crippen LogP contribution in [0.5, 0.6) is 11.5 Å². The first-order valence-electron chi connectivity index (χ1n) is 12.0. The molecule has 2 unspecified atom stereocenters. The van der Waals surface area contributed by atoms with Crippen molar-refractivity contribution in [3.63, 3.8) is 0 Å². The maximum absolute atomic E-state index is 9.99. The summed E-state index contributed by atoms with van der Waals surface area (Å²) >= 11 is 0. The molecule has 0 bridgehead atoms. The summed E-state index contributed by atoms with van der Waals surface area (Å²) in [7, 11) is 0. The third-order valence-electron chi connectivity index (χ3n) is 5.18. The zero-order valence-electron chi connectivity index (χ0n) is 21.2. The molecule has 192 valence electrons. The monoisotopic (exact) mass is 484 g/mol. The number of ether oxygens (including phenoxy) is 4. The molecule has 0 aliphatic rings. The lowest BCUT2D eigenvalue weighted by Gasteiger charge is -2.18. The van der Waals surface area contributed by atoms with E-state index < -0.39 is 12.2 Å². The molecular weight excluding hydrogens is 444 g/mol. The first kappa shape index (κ1) is 28.6. The molecule has 0 amide bonds. The third-order valence-corrected chi connectivity index (χ3v) is 5.18. The SMILES string of the molecule is C=C(C)COCC(O)COc1ccc(C(CC)c2ccc(OCC(O)COCC(=C)C)cc2)cc1. The Bertz CT molecular complexity index is 817. The fourth-order valence-electron chi connectivity index (χ4n) is 3.48. The van der Waals surface area contributed by atoms with Gasteiger partial charge in [0.1, 0.15) is 36.9 Å². The van der Waals surface area contributed by atoms with Gasteiger partial charge in [-0.15, -0.1) is 0 Å². The van der Waals surface area contributed by atoms with Gasteiger partial charge in [-0.3, -0.25) is 0 Å². The molecule has 2 N–H and O–H groups in total. The zero-order chi connectivity index (χ0) is 25.6. The van der Waals surface area contributed by atoms with E-state index in [1.54, 1.807) is 0 Å². The Morgan fingerprint density at radius 3 is 1.37 bits per heavy atom. The van der Waals surface area contributed by atoms with Crippen molar-refractivity contribution in [2.24, 2.45) is 0 Å². The van der Waals surface area contributed by atoms with E-state index >= 15 is 0 Å². The highest BCUT2D eigenvalue weighted by Gasteiger charge is 2.13. The normalized spacial score (nSPS) is 13.6. The van der Waals surface area contributed by atoms with Crippen LogP contribution in [0.25, 0.3) is 0 Å². The average molecular weight is 485 g/mol. The van der Waals surface area contributed by atoms with Gasteiger partial charge in [-0.1, -0.05) is 55.5 Å². The van der Waals surface area contributed by atoms with Crippen LogP contribution in [0, 0.1) is 0 Å². The predicted octanol–water partition coefficient (Wildman–Crippen LogP) is 4.89. The van der Waals surface area contributed by atoms with Crippen molar-refractivity contribution in [3.8, 4) is 11.5 Å². The summed E-state index contributed by atoms with van der Waals surface area (Å²) in [6.45, 7) is 15.1. The van der Waals surface area contributed by atoms with Crippen molar-refractivity contribution >= 4 is 0 Å². The summed E-state index contributed by atoms with van der Waals surface area (Å²) in [5, 5.41) is 20.0. The van der Waals surface area contributed by atoms with Crippen LogP contribution in [0.4, 0.5) is 0 Å². The molecule has 0 aliphatic carbocycles. The van der Waals surface area contributed by atoms with Crippen LogP contribution >= 0.6 is 0 Å². The van der Waals surface area contributed by atoms with Crippen molar-refractivity contribution < 1.29 is 29.2 Å². The van der Waals surface area contributed by atoms with Gasteiger partial charge in [-0.2, -0.15) is 0 Å². The highest BCUT2D eigenvalue weighted by atomic mass is 16.5. The molecule has 0 saturated carbocycles. The van der Waals surface area contributed by atoms with Crippen molar-refractivity contribution in [2.45, 2.75) is 45.3 Å². The van der Waals surface area contributed by atoms with Crippen LogP contribution in [-0.2, 0) is 9.47 Å². The van der Waals surface area contributed by atoms with E-state index in [0.29, 0.717) is 24.7 Å². The van der Waals surface area contributed by atoms with Crippen molar-refractivity contribution in [3.05, 3.63) is 84.0 Å². The van der Waals surface area contributed by atoms with Crippen LogP contribution < -0.4 is 9.47 Å². The number of hydrogen-bond donors (Lipinski definition) is 2. The van der Waals surface area contributed by atoms with E-state index in [-0.39, 0.29) is 32.3 Å². The minimum absolute atomic E-state index is 0.170. The molecule has 0 aliphatic heterocycles. The summed E-state index contributed by atoms with van der Waals surface area (Å²) in [6, 6.07) is 15.9. The second kappa shape index (κ2) is 15.4. The molecule has 6 nitrogen and oxygen atoms in total. The minimum atomic E-state index is -0.692. The lowest BCUT2D eigenvalue weighted by molar-refractivity contribution is 0.0195. The van der Waals surface area contributed by atoms with Gasteiger partial charge in [-0.25, -0.2) is 0 Å². The lowest BCUT2D eigenvalue weighted by Crippen LogP contribution is -2.23. The molecule has 0 radical (unpaired) electrons. The van der Waals surface area contributed by atoms with E-state index in [1.807, 2.05) is 38.1 Å². The maximum atomic E-state index is 9.99. The van der Waals surface area contributed by atoms with Crippen LogP contribution in [0.3, 0.4) is 0 Å². The van der Waals surface area contributed by atoms with Crippen molar-refractivity contribution in [1.82, 2.24) is 0 Å². The van der Waals surface area contributed by atoms with E-state index in [9.17, 15) is 10.2 Å². The van der Waals surface area contributed by atoms with Crippen molar-refractivity contribution in [1.29, 1.82) is 0 Å². The number of aliphatic hydroxyl groups is 2. The van der Waals surface area contributed by atoms with Gasteiger partial charge >= 0.3 is 0 Å². The van der Waals surface area contributed by atoms with Gasteiger partial charge in [0.15, 0.2) is 0 Å². The highest BCUT2D eigenvalue weighted by molar-refractivity contribution is 5.38. The Morgan fingerprint density at radius 1 is 0.686 bits per heavy atom. The summed E-state index contributed by atoms with van der Waals surface area (Å²) < 4.78 is 22.1. The Hall–Kier alpha value is -2.64. The van der Waals surface area contributed by atoms with Gasteiger partial charge in [0.05, 0.1) is 26.4 Å². The molecule has 6 heteroatoms. The van der Waals surface area contributed by atoms with Gasteiger partial charge in [0, 0.05) is 5.92 Å². The van der Waals surface area contributed by atoms with Gasteiger partial charge < -0.3 is 29.2 Å². The number of rotatable bonds is 17. The average Bonchev–Trinajstić information content (AvgIpc) is 2.83. The zero-order valence-corrected chi connectivity index (χ0v) is 21.2. The third kappa shape index (κ3) is 11.1. The predicted molar refractivity (Wildman–Crippen MR) is 139 cm³/mol. The molecule has 0 heterocycles. The first-order chi connectivity index (χ1) is 16.8. The summed E-state index contributed by atoms with van der Waals surface area (Å²) in [4.78, 5) is 0. The lowest BCUT2D eigenvalue weighted by atomic mass is 9.89. The Morgan fingerprint density at radius 2 is 1.06 bits per heavy atom. The molecule has 0 aromatic heterocycles. The van der Waals surface area contributed by atoms with E-state index in [2.05, 4.69) is 44.3 Å². The number of aliphatic hydroxyl groups excluding tert-OH is 2. The fourth-order valence-corrected chi connectivity index (χ4v) is 3.48. The summed E-state index contributed by atoms with van der Waals surface area (Å²) in [5.74, 6) is 1.65. The minimum Gasteiger partial charge on any atom is -0.491 e. The molecule has 2 aromatic rings. The standard InChI is InChI=1S/C29H40O6/c1-6-29(23-7-11-27(12-8-23)34-19-25(30)17-32-15-21(2)3)24-9-13-28(14-10-24)35-20-26(31)18-33-16-22(4)5/h7-14,25-26,29-31H,2,4,6,15-20H2,1,3,5H3. The topological polar surface area (TPSA) is 77.4 Å². The number of benzene rings is 2. The second-order valence-electron chi connectivity index (χ2n) is 8.97. The Kier molecular flexibility index (Phi) is 12.6. The van der Waals surface area contributed by atoms with Gasteiger partial charge in [-0.05, 0) is 55.7 Å². The van der Waals surface area contributed by atoms with Crippen LogP contribution in [-0.4, -0.2) is 62.1 Å². The molecule has 2 aromatic carbocycles. The van der Waals surface area contributed by atoms with Crippen LogP contribution in [0.1, 0.15) is 44.2 Å². The van der Waals surface area contributed by atoms with Gasteiger partial charge in [0.25, 0.3) is 0 Å².